The van der Waals surface area contributed by atoms with Crippen LogP contribution in [0.25, 0.3) is 0 Å². The molecule has 7 heteroatoms. The lowest BCUT2D eigenvalue weighted by molar-refractivity contribution is 0.0940. The molecule has 1 amide bonds. The van der Waals surface area contributed by atoms with Gasteiger partial charge in [0.1, 0.15) is 5.75 Å². The lowest BCUT2D eigenvalue weighted by atomic mass is 9.94. The van der Waals surface area contributed by atoms with Gasteiger partial charge in [-0.1, -0.05) is 27.7 Å². The Kier molecular flexibility index (Phi) is 7.44. The van der Waals surface area contributed by atoms with Gasteiger partial charge in [-0.3, -0.25) is 4.79 Å². The average Bonchev–Trinajstić information content (AvgIpc) is 2.50. The predicted octanol–water partition coefficient (Wildman–Crippen LogP) is 2.79. The number of carbonyl (C=O) groups excluding carboxylic acids is 1. The Balaban J connectivity index is 3.26. The van der Waals surface area contributed by atoms with Crippen molar-refractivity contribution in [3.05, 3.63) is 23.8 Å². The third-order valence-corrected chi connectivity index (χ3v) is 5.33. The van der Waals surface area contributed by atoms with Crippen molar-refractivity contribution in [2.75, 3.05) is 7.11 Å². The molecule has 1 rings (SSSR count). The van der Waals surface area contributed by atoms with E-state index in [0.29, 0.717) is 5.75 Å². The molecule has 0 atom stereocenters. The molecule has 0 unspecified atom stereocenters. The molecule has 0 aliphatic carbocycles. The van der Waals surface area contributed by atoms with Gasteiger partial charge in [0.15, 0.2) is 0 Å². The maximum Gasteiger partial charge on any atom is 0.255 e. The van der Waals surface area contributed by atoms with E-state index in [1.165, 1.54) is 25.3 Å². The molecule has 0 aliphatic rings. The fraction of sp³-hybridized carbons (Fsp3) is 0.611. The van der Waals surface area contributed by atoms with E-state index >= 15 is 0 Å². The van der Waals surface area contributed by atoms with Gasteiger partial charge in [-0.25, -0.2) is 13.1 Å². The zero-order valence-electron chi connectivity index (χ0n) is 16.1. The second-order valence-electron chi connectivity index (χ2n) is 7.13. The second kappa shape index (κ2) is 8.67. The van der Waals surface area contributed by atoms with Crippen molar-refractivity contribution in [3.63, 3.8) is 0 Å². The molecule has 0 saturated heterocycles. The normalized spacial score (nSPS) is 12.3. The van der Waals surface area contributed by atoms with E-state index in [4.69, 9.17) is 4.74 Å². The first-order valence-electron chi connectivity index (χ1n) is 8.50. The first-order chi connectivity index (χ1) is 11.5. The van der Waals surface area contributed by atoms with Gasteiger partial charge in [0.25, 0.3) is 5.91 Å². The van der Waals surface area contributed by atoms with E-state index in [-0.39, 0.29) is 40.3 Å². The lowest BCUT2D eigenvalue weighted by Gasteiger charge is -2.26. The van der Waals surface area contributed by atoms with Gasteiger partial charge in [0, 0.05) is 12.1 Å². The Morgan fingerprint density at radius 3 is 2.04 bits per heavy atom. The number of carbonyl (C=O) groups is 1. The number of rotatable bonds is 8. The monoisotopic (exact) mass is 370 g/mol. The Labute approximate surface area is 151 Å². The van der Waals surface area contributed by atoms with Crippen LogP contribution in [0.3, 0.4) is 0 Å². The fourth-order valence-corrected chi connectivity index (χ4v) is 4.22. The molecule has 0 aliphatic heterocycles. The molecular weight excluding hydrogens is 340 g/mol. The first-order valence-corrected chi connectivity index (χ1v) is 9.99. The van der Waals surface area contributed by atoms with Crippen molar-refractivity contribution in [2.45, 2.75) is 58.5 Å². The summed E-state index contributed by atoms with van der Waals surface area (Å²) in [5.74, 6) is 0.267. The van der Waals surface area contributed by atoms with Crippen molar-refractivity contribution in [1.82, 2.24) is 10.0 Å². The van der Waals surface area contributed by atoms with Crippen LogP contribution in [-0.2, 0) is 10.0 Å². The van der Waals surface area contributed by atoms with E-state index in [1.807, 2.05) is 41.5 Å². The molecule has 1 aromatic carbocycles. The molecular formula is C18H30N2O4S. The molecule has 0 heterocycles. The average molecular weight is 371 g/mol. The predicted molar refractivity (Wildman–Crippen MR) is 99.4 cm³/mol. The third-order valence-electron chi connectivity index (χ3n) is 3.87. The van der Waals surface area contributed by atoms with Crippen LogP contribution in [0.15, 0.2) is 23.1 Å². The standard InChI is InChI=1S/C18H30N2O4S/c1-11(2)17(12(3)4)20-25(22,23)14-8-9-16(24-7)15(10-14)18(21)19-13(5)6/h8-13,17,20H,1-7H3,(H,19,21). The highest BCUT2D eigenvalue weighted by Crippen LogP contribution is 2.24. The number of amides is 1. The summed E-state index contributed by atoms with van der Waals surface area (Å²) in [7, 11) is -2.30. The maximum absolute atomic E-state index is 12.8. The van der Waals surface area contributed by atoms with Crippen LogP contribution in [-0.4, -0.2) is 33.5 Å². The molecule has 142 valence electrons. The summed E-state index contributed by atoms with van der Waals surface area (Å²) in [4.78, 5) is 12.4. The van der Waals surface area contributed by atoms with Crippen LogP contribution in [0.4, 0.5) is 0 Å². The Bertz CT molecular complexity index is 689. The second-order valence-corrected chi connectivity index (χ2v) is 8.84. The highest BCUT2D eigenvalue weighted by Gasteiger charge is 2.26. The summed E-state index contributed by atoms with van der Waals surface area (Å²) in [6, 6.07) is 4.05. The number of sulfonamides is 1. The van der Waals surface area contributed by atoms with Crippen LogP contribution in [0.2, 0.25) is 0 Å². The van der Waals surface area contributed by atoms with Crippen molar-refractivity contribution in [3.8, 4) is 5.75 Å². The molecule has 2 N–H and O–H groups in total. The van der Waals surface area contributed by atoms with Crippen molar-refractivity contribution >= 4 is 15.9 Å². The highest BCUT2D eigenvalue weighted by atomic mass is 32.2. The number of nitrogens with one attached hydrogen (secondary N) is 2. The number of hydrogen-bond acceptors (Lipinski definition) is 4. The van der Waals surface area contributed by atoms with E-state index in [9.17, 15) is 13.2 Å². The van der Waals surface area contributed by atoms with Crippen LogP contribution in [0.5, 0.6) is 5.75 Å². The van der Waals surface area contributed by atoms with Crippen molar-refractivity contribution in [1.29, 1.82) is 0 Å². The number of benzene rings is 1. The van der Waals surface area contributed by atoms with E-state index in [1.54, 1.807) is 0 Å². The summed E-state index contributed by atoms with van der Waals surface area (Å²) in [6.45, 7) is 11.6. The van der Waals surface area contributed by atoms with Crippen molar-refractivity contribution < 1.29 is 17.9 Å². The maximum atomic E-state index is 12.8. The smallest absolute Gasteiger partial charge is 0.255 e. The Hall–Kier alpha value is -1.60. The largest absolute Gasteiger partial charge is 0.496 e. The van der Waals surface area contributed by atoms with Crippen molar-refractivity contribution in [2.24, 2.45) is 11.8 Å². The minimum atomic E-state index is -3.74. The fourth-order valence-electron chi connectivity index (χ4n) is 2.66. The van der Waals surface area contributed by atoms with E-state index < -0.39 is 10.0 Å². The summed E-state index contributed by atoms with van der Waals surface area (Å²) in [6.07, 6.45) is 0. The molecule has 6 nitrogen and oxygen atoms in total. The van der Waals surface area contributed by atoms with Gasteiger partial charge < -0.3 is 10.1 Å². The summed E-state index contributed by atoms with van der Waals surface area (Å²) >= 11 is 0. The minimum absolute atomic E-state index is 0.0495. The molecule has 1 aromatic rings. The van der Waals surface area contributed by atoms with E-state index in [0.717, 1.165) is 0 Å². The SMILES string of the molecule is COc1ccc(S(=O)(=O)NC(C(C)C)C(C)C)cc1C(=O)NC(C)C. The van der Waals surface area contributed by atoms with Gasteiger partial charge in [-0.05, 0) is 43.9 Å². The minimum Gasteiger partial charge on any atom is -0.496 e. The van der Waals surface area contributed by atoms with E-state index in [2.05, 4.69) is 10.0 Å². The van der Waals surface area contributed by atoms with Gasteiger partial charge >= 0.3 is 0 Å². The number of hydrogen-bond donors (Lipinski definition) is 2. The first kappa shape index (κ1) is 21.4. The molecule has 0 radical (unpaired) electrons. The molecule has 0 spiro atoms. The topological polar surface area (TPSA) is 84.5 Å². The Morgan fingerprint density at radius 2 is 1.60 bits per heavy atom. The number of methoxy groups -OCH3 is 1. The molecule has 0 saturated carbocycles. The van der Waals surface area contributed by atoms with Gasteiger partial charge in [-0.15, -0.1) is 0 Å². The van der Waals surface area contributed by atoms with Crippen LogP contribution in [0, 0.1) is 11.8 Å². The Morgan fingerprint density at radius 1 is 1.04 bits per heavy atom. The quantitative estimate of drug-likeness (QED) is 0.737. The molecule has 0 fully saturated rings. The highest BCUT2D eigenvalue weighted by molar-refractivity contribution is 7.89. The summed E-state index contributed by atoms with van der Waals surface area (Å²) in [5.41, 5.74) is 0.199. The molecule has 0 aromatic heterocycles. The third kappa shape index (κ3) is 5.71. The van der Waals surface area contributed by atoms with Crippen LogP contribution < -0.4 is 14.8 Å². The number of ether oxygens (including phenoxy) is 1. The van der Waals surface area contributed by atoms with Gasteiger partial charge in [0.05, 0.1) is 17.6 Å². The zero-order chi connectivity index (χ0) is 19.4. The summed E-state index contributed by atoms with van der Waals surface area (Å²) < 4.78 is 33.5. The van der Waals surface area contributed by atoms with Gasteiger partial charge in [0.2, 0.25) is 10.0 Å². The molecule has 25 heavy (non-hydrogen) atoms. The summed E-state index contributed by atoms with van der Waals surface area (Å²) in [5, 5.41) is 2.76. The van der Waals surface area contributed by atoms with Crippen LogP contribution in [0.1, 0.15) is 51.9 Å². The molecule has 0 bridgehead atoms. The van der Waals surface area contributed by atoms with Gasteiger partial charge in [-0.2, -0.15) is 0 Å². The lowest BCUT2D eigenvalue weighted by Crippen LogP contribution is -2.42. The zero-order valence-corrected chi connectivity index (χ0v) is 16.9. The van der Waals surface area contributed by atoms with Crippen LogP contribution >= 0.6 is 0 Å².